The van der Waals surface area contributed by atoms with E-state index in [1.165, 1.54) is 24.2 Å². The summed E-state index contributed by atoms with van der Waals surface area (Å²) in [5.74, 6) is -2.22. The number of nitrogens with one attached hydrogen (secondary N) is 3. The molecule has 2 unspecified atom stereocenters. The van der Waals surface area contributed by atoms with E-state index in [1.807, 2.05) is 12.1 Å². The standard InChI is InChI=1S/C20H20N4O5/c1-24-8-6-16(25)18(19(24)28)23-20(29)22-15(10-17(26)27)13-4-2-3-12(9-13)14-5-7-21-11-14/h2-9,11,15,18,21H,10H2,1H3,(H,26,27)(H2,22,23,29). The van der Waals surface area contributed by atoms with Gasteiger partial charge in [0.25, 0.3) is 5.91 Å². The molecule has 9 heteroatoms. The first-order chi connectivity index (χ1) is 13.8. The number of nitrogens with zero attached hydrogens (tertiary/aromatic N) is 1. The summed E-state index contributed by atoms with van der Waals surface area (Å²) in [5.41, 5.74) is 2.35. The van der Waals surface area contributed by atoms with Crippen LogP contribution in [0.5, 0.6) is 0 Å². The topological polar surface area (TPSA) is 132 Å². The molecule has 0 saturated heterocycles. The second-order valence-corrected chi connectivity index (χ2v) is 6.59. The number of aliphatic carboxylic acids is 1. The maximum Gasteiger partial charge on any atom is 0.316 e. The van der Waals surface area contributed by atoms with Gasteiger partial charge in [-0.25, -0.2) is 4.79 Å². The number of carboxylic acid groups (broad SMARTS) is 1. The maximum absolute atomic E-state index is 12.4. The number of aromatic amines is 1. The van der Waals surface area contributed by atoms with Crippen LogP contribution in [0.15, 0.2) is 55.0 Å². The lowest BCUT2D eigenvalue weighted by Crippen LogP contribution is -2.55. The largest absolute Gasteiger partial charge is 0.481 e. The van der Waals surface area contributed by atoms with E-state index in [2.05, 4.69) is 15.6 Å². The van der Waals surface area contributed by atoms with E-state index in [9.17, 15) is 24.3 Å². The summed E-state index contributed by atoms with van der Waals surface area (Å²) in [6.07, 6.45) is 5.72. The predicted octanol–water partition coefficient (Wildman–Crippen LogP) is 1.42. The van der Waals surface area contributed by atoms with Crippen LogP contribution < -0.4 is 10.6 Å². The molecule has 2 atom stereocenters. The van der Waals surface area contributed by atoms with Gasteiger partial charge < -0.3 is 25.6 Å². The zero-order valence-corrected chi connectivity index (χ0v) is 15.6. The number of carbonyl (C=O) groups excluding carboxylic acids is 3. The highest BCUT2D eigenvalue weighted by Crippen LogP contribution is 2.24. The second kappa shape index (κ2) is 8.42. The van der Waals surface area contributed by atoms with Gasteiger partial charge in [-0.2, -0.15) is 0 Å². The van der Waals surface area contributed by atoms with Crippen LogP contribution in [0.4, 0.5) is 4.79 Å². The molecule has 1 aliphatic rings. The Morgan fingerprint density at radius 2 is 2.03 bits per heavy atom. The number of urea groups is 1. The summed E-state index contributed by atoms with van der Waals surface area (Å²) < 4.78 is 0. The molecule has 0 fully saturated rings. The minimum Gasteiger partial charge on any atom is -0.481 e. The van der Waals surface area contributed by atoms with Gasteiger partial charge in [0.2, 0.25) is 0 Å². The molecule has 1 aromatic carbocycles. The molecule has 29 heavy (non-hydrogen) atoms. The maximum atomic E-state index is 12.4. The average molecular weight is 396 g/mol. The predicted molar refractivity (Wildman–Crippen MR) is 104 cm³/mol. The minimum atomic E-state index is -1.35. The van der Waals surface area contributed by atoms with Crippen molar-refractivity contribution in [2.45, 2.75) is 18.5 Å². The third kappa shape index (κ3) is 4.70. The Kier molecular flexibility index (Phi) is 5.77. The molecule has 3 amide bonds. The summed E-state index contributed by atoms with van der Waals surface area (Å²) >= 11 is 0. The van der Waals surface area contributed by atoms with Gasteiger partial charge >= 0.3 is 12.0 Å². The zero-order valence-electron chi connectivity index (χ0n) is 15.6. The molecule has 0 aliphatic carbocycles. The van der Waals surface area contributed by atoms with Crippen LogP contribution >= 0.6 is 0 Å². The summed E-state index contributed by atoms with van der Waals surface area (Å²) in [6, 6.07) is 5.98. The van der Waals surface area contributed by atoms with Crippen LogP contribution in [-0.4, -0.2) is 51.8 Å². The van der Waals surface area contributed by atoms with Crippen molar-refractivity contribution in [1.82, 2.24) is 20.5 Å². The quantitative estimate of drug-likeness (QED) is 0.549. The Morgan fingerprint density at radius 1 is 1.24 bits per heavy atom. The molecular weight excluding hydrogens is 376 g/mol. The molecule has 0 spiro atoms. The number of amides is 3. The van der Waals surface area contributed by atoms with Crippen molar-refractivity contribution < 1.29 is 24.3 Å². The number of benzene rings is 1. The number of likely N-dealkylation sites (N-methyl/N-ethyl adjacent to an activating group) is 1. The summed E-state index contributed by atoms with van der Waals surface area (Å²) in [7, 11) is 1.47. The van der Waals surface area contributed by atoms with Gasteiger partial charge in [-0.1, -0.05) is 18.2 Å². The van der Waals surface area contributed by atoms with Crippen molar-refractivity contribution in [3.63, 3.8) is 0 Å². The summed E-state index contributed by atoms with van der Waals surface area (Å²) in [5, 5.41) is 14.1. The fourth-order valence-corrected chi connectivity index (χ4v) is 3.01. The Bertz CT molecular complexity index is 967. The van der Waals surface area contributed by atoms with E-state index in [1.54, 1.807) is 30.6 Å². The van der Waals surface area contributed by atoms with Crippen molar-refractivity contribution in [2.24, 2.45) is 0 Å². The minimum absolute atomic E-state index is 0.365. The lowest BCUT2D eigenvalue weighted by molar-refractivity contribution is -0.138. The molecular formula is C20H20N4O5. The number of hydrogen-bond donors (Lipinski definition) is 4. The Balaban J connectivity index is 1.77. The number of aromatic nitrogens is 1. The Hall–Kier alpha value is -3.88. The number of H-pyrrole nitrogens is 1. The Labute approximate surface area is 166 Å². The smallest absolute Gasteiger partial charge is 0.316 e. The first-order valence-corrected chi connectivity index (χ1v) is 8.86. The number of rotatable bonds is 6. The molecule has 3 rings (SSSR count). The molecule has 0 saturated carbocycles. The van der Waals surface area contributed by atoms with E-state index in [-0.39, 0.29) is 6.42 Å². The number of ketones is 1. The molecule has 0 radical (unpaired) electrons. The average Bonchev–Trinajstić information content (AvgIpc) is 3.22. The number of carboxylic acids is 1. The lowest BCUT2D eigenvalue weighted by atomic mass is 9.99. The van der Waals surface area contributed by atoms with Crippen molar-refractivity contribution in [3.8, 4) is 11.1 Å². The van der Waals surface area contributed by atoms with E-state index < -0.39 is 35.8 Å². The number of hydrogen-bond acceptors (Lipinski definition) is 4. The normalized spacial score (nSPS) is 17.1. The molecule has 2 aromatic rings. The van der Waals surface area contributed by atoms with Crippen LogP contribution in [0.25, 0.3) is 11.1 Å². The fraction of sp³-hybridized carbons (Fsp3) is 0.200. The van der Waals surface area contributed by atoms with Crippen LogP contribution in [0.1, 0.15) is 18.0 Å². The summed E-state index contributed by atoms with van der Waals surface area (Å²) in [4.78, 5) is 51.9. The van der Waals surface area contributed by atoms with Gasteiger partial charge in [0.05, 0.1) is 12.5 Å². The van der Waals surface area contributed by atoms with Gasteiger partial charge in [0, 0.05) is 31.7 Å². The molecule has 2 heterocycles. The van der Waals surface area contributed by atoms with Crippen LogP contribution in [0.2, 0.25) is 0 Å². The third-order valence-electron chi connectivity index (χ3n) is 4.52. The monoisotopic (exact) mass is 396 g/mol. The van der Waals surface area contributed by atoms with Gasteiger partial charge in [-0.3, -0.25) is 14.4 Å². The zero-order chi connectivity index (χ0) is 21.0. The molecule has 9 nitrogen and oxygen atoms in total. The highest BCUT2D eigenvalue weighted by atomic mass is 16.4. The van der Waals surface area contributed by atoms with Gasteiger partial charge in [-0.05, 0) is 28.8 Å². The second-order valence-electron chi connectivity index (χ2n) is 6.59. The number of carbonyl (C=O) groups is 4. The van der Waals surface area contributed by atoms with E-state index in [0.29, 0.717) is 5.56 Å². The highest BCUT2D eigenvalue weighted by Gasteiger charge is 2.32. The van der Waals surface area contributed by atoms with E-state index in [0.717, 1.165) is 11.1 Å². The van der Waals surface area contributed by atoms with Crippen molar-refractivity contribution in [2.75, 3.05) is 7.05 Å². The van der Waals surface area contributed by atoms with Crippen LogP contribution in [-0.2, 0) is 14.4 Å². The summed E-state index contributed by atoms with van der Waals surface area (Å²) in [6.45, 7) is 0. The van der Waals surface area contributed by atoms with Crippen molar-refractivity contribution >= 4 is 23.7 Å². The van der Waals surface area contributed by atoms with E-state index >= 15 is 0 Å². The van der Waals surface area contributed by atoms with Crippen molar-refractivity contribution in [1.29, 1.82) is 0 Å². The first-order valence-electron chi connectivity index (χ1n) is 8.86. The molecule has 1 aromatic heterocycles. The van der Waals surface area contributed by atoms with Crippen molar-refractivity contribution in [3.05, 3.63) is 60.6 Å². The first kappa shape index (κ1) is 19.9. The highest BCUT2D eigenvalue weighted by molar-refractivity contribution is 6.14. The van der Waals surface area contributed by atoms with E-state index in [4.69, 9.17) is 0 Å². The van der Waals surface area contributed by atoms with Gasteiger partial charge in [-0.15, -0.1) is 0 Å². The van der Waals surface area contributed by atoms with Gasteiger partial charge in [0.15, 0.2) is 11.8 Å². The lowest BCUT2D eigenvalue weighted by Gasteiger charge is -2.25. The Morgan fingerprint density at radius 3 is 2.72 bits per heavy atom. The third-order valence-corrected chi connectivity index (χ3v) is 4.52. The molecule has 0 bridgehead atoms. The van der Waals surface area contributed by atoms with Crippen LogP contribution in [0, 0.1) is 0 Å². The van der Waals surface area contributed by atoms with Crippen LogP contribution in [0.3, 0.4) is 0 Å². The molecule has 150 valence electrons. The molecule has 4 N–H and O–H groups in total. The SMILES string of the molecule is CN1C=CC(=O)C(NC(=O)NC(CC(=O)O)c2cccc(-c3cc[nH]c3)c2)C1=O. The fourth-order valence-electron chi connectivity index (χ4n) is 3.01. The van der Waals surface area contributed by atoms with Gasteiger partial charge in [0.1, 0.15) is 0 Å². The molecule has 1 aliphatic heterocycles.